The van der Waals surface area contributed by atoms with Gasteiger partial charge in [0.05, 0.1) is 61.4 Å². The van der Waals surface area contributed by atoms with E-state index in [-0.39, 0.29) is 0 Å². The van der Waals surface area contributed by atoms with Crippen molar-refractivity contribution in [2.75, 3.05) is 139 Å². The summed E-state index contributed by atoms with van der Waals surface area (Å²) < 4.78 is 16.3. The molecule has 0 radical (unpaired) electrons. The lowest BCUT2D eigenvalue weighted by atomic mass is 10.2. The Morgan fingerprint density at radius 2 is 0.879 bits per heavy atom. The van der Waals surface area contributed by atoms with Crippen LogP contribution in [0.2, 0.25) is 19.6 Å². The molecule has 0 saturated carbocycles. The second-order valence-corrected chi connectivity index (χ2v) is 31.0. The first-order valence-corrected chi connectivity index (χ1v) is 37.2. The molecule has 2 aliphatic heterocycles. The lowest BCUT2D eigenvalue weighted by molar-refractivity contribution is 0.109. The van der Waals surface area contributed by atoms with Gasteiger partial charge in [0.2, 0.25) is 0 Å². The van der Waals surface area contributed by atoms with Crippen LogP contribution in [0.3, 0.4) is 0 Å². The van der Waals surface area contributed by atoms with Crippen molar-refractivity contribution in [3.8, 4) is 47.4 Å². The molecule has 15 N–H and O–H groups in total. The molecular formula is C62H78Br8N18O2Si. The molecule has 7 aromatic heterocycles. The number of hydrogen-bond donors (Lipinski definition) is 8. The van der Waals surface area contributed by atoms with Gasteiger partial charge in [-0.25, -0.2) is 34.9 Å². The van der Waals surface area contributed by atoms with E-state index in [1.54, 1.807) is 48.5 Å². The Kier molecular flexibility index (Phi) is 43.6. The third-order valence-corrected chi connectivity index (χ3v) is 16.4. The van der Waals surface area contributed by atoms with E-state index in [0.717, 1.165) is 127 Å². The highest BCUT2D eigenvalue weighted by Crippen LogP contribution is 2.24. The Balaban J connectivity index is 0.000000526. The molecular weight excluding hydrogens is 1700 g/mol. The molecule has 2 aliphatic rings. The van der Waals surface area contributed by atoms with Gasteiger partial charge in [-0.2, -0.15) is 0 Å². The molecule has 0 amide bonds. The first-order chi connectivity index (χ1) is 43.0. The second kappa shape index (κ2) is 47.4. The van der Waals surface area contributed by atoms with E-state index in [9.17, 15) is 0 Å². The number of anilines is 8. The van der Waals surface area contributed by atoms with E-state index in [2.05, 4.69) is 257 Å². The molecule has 2 saturated heterocycles. The van der Waals surface area contributed by atoms with Gasteiger partial charge < -0.3 is 69.6 Å². The molecule has 0 spiro atoms. The third-order valence-electron chi connectivity index (χ3n) is 10.7. The number of aromatic nitrogens is 7. The Morgan fingerprint density at radius 3 is 1.25 bits per heavy atom. The van der Waals surface area contributed by atoms with Crippen molar-refractivity contribution in [2.45, 2.75) is 32.5 Å². The van der Waals surface area contributed by atoms with Crippen LogP contribution < -0.4 is 50.4 Å². The Hall–Kier alpha value is -5.45. The fourth-order valence-corrected chi connectivity index (χ4v) is 9.22. The third kappa shape index (κ3) is 39.6. The second-order valence-electron chi connectivity index (χ2n) is 19.9. The lowest BCUT2D eigenvalue weighted by Gasteiger charge is -2.30. The van der Waals surface area contributed by atoms with Crippen LogP contribution in [0.1, 0.15) is 28.5 Å². The number of nitrogens with zero attached hydrogens (tertiary/aromatic N) is 10. The molecule has 488 valence electrons. The maximum Gasteiger partial charge on any atom is 0.129 e. The lowest BCUT2D eigenvalue weighted by Crippen LogP contribution is -2.37. The molecule has 7 aromatic rings. The number of likely N-dealkylation sites (N-methyl/N-ethyl adjacent to an activating group) is 2. The van der Waals surface area contributed by atoms with Gasteiger partial charge in [0, 0.05) is 72.5 Å². The average Bonchev–Trinajstić information content (AvgIpc) is 2.86. The molecule has 0 aliphatic carbocycles. The fraction of sp³-hybridized carbons (Fsp3) is 0.306. The van der Waals surface area contributed by atoms with Crippen molar-refractivity contribution in [1.29, 1.82) is 0 Å². The summed E-state index contributed by atoms with van der Waals surface area (Å²) in [6, 6.07) is 27.2. The van der Waals surface area contributed by atoms with Crippen molar-refractivity contribution in [3.63, 3.8) is 0 Å². The molecule has 0 unspecified atom stereocenters. The minimum atomic E-state index is -1.34. The summed E-state index contributed by atoms with van der Waals surface area (Å²) in [6.07, 6.45) is 16.6. The number of morpholine rings is 2. The normalized spacial score (nSPS) is 11.7. The number of rotatable bonds is 7. The quantitative estimate of drug-likeness (QED) is 0.0418. The predicted octanol–water partition coefficient (Wildman–Crippen LogP) is 11.8. The number of hydrogen-bond acceptors (Lipinski definition) is 20. The number of nitrogens with one attached hydrogen (secondary N) is 1. The topological polar surface area (TPSA) is 313 Å². The molecule has 20 nitrogen and oxygen atoms in total. The SMILES string of the molecule is C#CBr.C#Cc1nc(N)ccc1Br.C#Cc1nc(N)ccc1Br.C1COCCN1.CN(C)CCc1nc(N)ccc1Br.CN(C)CCc1nc(N)ccc1N1CCOCC1.C[Si](C)(C)C#Cc1nc(N)ccc1Br.Nc1ccc(Br)c(Br)n1.Nc1cccc(Br)n1. The van der Waals surface area contributed by atoms with Gasteiger partial charge in [0.15, 0.2) is 0 Å². The maximum absolute atomic E-state index is 5.80. The van der Waals surface area contributed by atoms with Crippen molar-refractivity contribution in [2.24, 2.45) is 0 Å². The Bertz CT molecular complexity index is 3400. The van der Waals surface area contributed by atoms with Gasteiger partial charge in [-0.3, -0.25) is 0 Å². The zero-order valence-electron chi connectivity index (χ0n) is 51.7. The zero-order chi connectivity index (χ0) is 68.5. The molecule has 9 rings (SSSR count). The average molecular weight is 1770 g/mol. The first kappa shape index (κ1) is 83.6. The van der Waals surface area contributed by atoms with Crippen molar-refractivity contribution in [3.05, 3.63) is 151 Å². The van der Waals surface area contributed by atoms with E-state index < -0.39 is 8.07 Å². The summed E-state index contributed by atoms with van der Waals surface area (Å²) in [5.74, 6) is 11.5. The van der Waals surface area contributed by atoms with Crippen LogP contribution >= 0.6 is 127 Å². The summed E-state index contributed by atoms with van der Waals surface area (Å²) in [5, 5.41) is 3.16. The number of ether oxygens (including phenoxy) is 2. The molecule has 91 heavy (non-hydrogen) atoms. The highest BCUT2D eigenvalue weighted by atomic mass is 79.9. The van der Waals surface area contributed by atoms with Gasteiger partial charge in [-0.15, -0.1) is 24.8 Å². The highest BCUT2D eigenvalue weighted by Gasteiger charge is 2.16. The number of halogens is 8. The smallest absolute Gasteiger partial charge is 0.129 e. The molecule has 0 atom stereocenters. The van der Waals surface area contributed by atoms with Crippen LogP contribution in [0, 0.1) is 47.4 Å². The minimum absolute atomic E-state index is 0.441. The fourth-order valence-electron chi connectivity index (χ4n) is 6.40. The number of nitrogens with two attached hydrogens (primary N) is 7. The summed E-state index contributed by atoms with van der Waals surface area (Å²) in [7, 11) is 6.88. The van der Waals surface area contributed by atoms with Crippen LogP contribution in [0.25, 0.3) is 0 Å². The van der Waals surface area contributed by atoms with Crippen LogP contribution in [0.15, 0.2) is 123 Å². The van der Waals surface area contributed by atoms with E-state index in [1.165, 1.54) is 5.69 Å². The first-order valence-electron chi connectivity index (χ1n) is 27.3. The number of nitrogen functional groups attached to an aromatic ring is 7. The largest absolute Gasteiger partial charge is 0.384 e. The van der Waals surface area contributed by atoms with Gasteiger partial charge >= 0.3 is 0 Å². The monoisotopic (exact) mass is 1770 g/mol. The summed E-state index contributed by atoms with van der Waals surface area (Å²) in [5.41, 5.74) is 46.8. The Labute approximate surface area is 605 Å². The number of terminal acetylenes is 3. The molecule has 9 heterocycles. The van der Waals surface area contributed by atoms with Gasteiger partial charge in [0.25, 0.3) is 0 Å². The zero-order valence-corrected chi connectivity index (χ0v) is 65.4. The van der Waals surface area contributed by atoms with Crippen LogP contribution in [0.5, 0.6) is 0 Å². The summed E-state index contributed by atoms with van der Waals surface area (Å²) in [6.45, 7) is 15.8. The highest BCUT2D eigenvalue weighted by molar-refractivity contribution is 9.13. The van der Waals surface area contributed by atoms with E-state index >= 15 is 0 Å². The van der Waals surface area contributed by atoms with Gasteiger partial charge in [-0.05, 0) is 241 Å². The predicted molar refractivity (Wildman–Crippen MR) is 410 cm³/mol. The molecule has 2 fully saturated rings. The summed E-state index contributed by atoms with van der Waals surface area (Å²) >= 11 is 25.6. The van der Waals surface area contributed by atoms with E-state index in [1.807, 2.05) is 50.5 Å². The Morgan fingerprint density at radius 1 is 0.495 bits per heavy atom. The standard InChI is InChI=1S/C13H22N4O.C10H13BrN2Si.C9H14BrN3.2C7H5BrN2.C5H4Br2N2.C5H5BrN2.C4H9NO.C2HBr/c1-16(2)6-5-11-12(3-4-13(14)15-11)17-7-9-18-10-8-17;1-14(2,3)7-6-9-8(11)4-5-10(12)13-9;1-13(2)6-5-8-7(10)3-4-9(11)12-8;2*1-2-6-5(8)3-4-7(9)10-6;6-3-1-2-4(8)9-5(3)7;6-4-2-1-3-5(7)8-4;1-3-6-4-2-5-1;1-2-3/h3-4H,5-10H2,1-2H3,(H2,14,15);4-5H,1-3H3,(H2,12,13);3-4H,5-6H2,1-2H3,(H2,11,12);2*1,3-4H,(H2,9,10);1-2H,(H2,8,9);1-3H,(H2,7,8);5H,1-4H2;1H. The maximum atomic E-state index is 5.80. The van der Waals surface area contributed by atoms with E-state index in [4.69, 9.17) is 62.5 Å². The van der Waals surface area contributed by atoms with Crippen LogP contribution in [0.4, 0.5) is 46.4 Å². The molecule has 0 bridgehead atoms. The van der Waals surface area contributed by atoms with E-state index in [0.29, 0.717) is 52.1 Å². The van der Waals surface area contributed by atoms with Gasteiger partial charge in [-0.1, -0.05) is 31.6 Å². The van der Waals surface area contributed by atoms with Crippen LogP contribution in [-0.4, -0.2) is 147 Å². The minimum Gasteiger partial charge on any atom is -0.384 e. The molecule has 29 heteroatoms. The molecule has 0 aromatic carbocycles. The van der Waals surface area contributed by atoms with Crippen molar-refractivity contribution >= 4 is 182 Å². The van der Waals surface area contributed by atoms with Gasteiger partial charge in [0.1, 0.15) is 75.1 Å². The van der Waals surface area contributed by atoms with Crippen LogP contribution in [-0.2, 0) is 22.3 Å². The number of pyridine rings is 7. The summed E-state index contributed by atoms with van der Waals surface area (Å²) in [4.78, 5) is 37.1. The van der Waals surface area contributed by atoms with Crippen molar-refractivity contribution in [1.82, 2.24) is 50.0 Å². The van der Waals surface area contributed by atoms with Crippen molar-refractivity contribution < 1.29 is 9.47 Å².